The second-order valence-corrected chi connectivity index (χ2v) is 10.9. The molecule has 1 aliphatic heterocycles. The first kappa shape index (κ1) is 28.9. The van der Waals surface area contributed by atoms with Crippen molar-refractivity contribution in [3.63, 3.8) is 0 Å². The number of hydrogen-bond donors (Lipinski definition) is 1. The highest BCUT2D eigenvalue weighted by Gasteiger charge is 2.56. The largest absolute Gasteiger partial charge is 0.458 e. The lowest BCUT2D eigenvalue weighted by molar-refractivity contribution is -0.161. The number of carbonyl (C=O) groups is 4. The molecule has 1 aliphatic rings. The van der Waals surface area contributed by atoms with Crippen LogP contribution in [-0.4, -0.2) is 71.2 Å². The first-order valence-corrected chi connectivity index (χ1v) is 11.5. The van der Waals surface area contributed by atoms with E-state index in [-0.39, 0.29) is 12.3 Å². The van der Waals surface area contributed by atoms with Gasteiger partial charge >= 0.3 is 12.1 Å². The predicted molar refractivity (Wildman–Crippen MR) is 124 cm³/mol. The zero-order valence-corrected chi connectivity index (χ0v) is 21.8. The fraction of sp³-hybridized carbons (Fsp3) is 0.833. The van der Waals surface area contributed by atoms with Gasteiger partial charge in [0.2, 0.25) is 5.91 Å². The monoisotopic (exact) mass is 470 g/mol. The minimum Gasteiger partial charge on any atom is -0.458 e. The van der Waals surface area contributed by atoms with E-state index >= 15 is 0 Å². The SMILES string of the molecule is CCC[C@](C)(OC)[C@H](NC(C)=O)[C@H]1[C@H](C=O)C[C@H](C(=O)OC(C)(C)C)N1C(=O)OC(C)(C)C. The van der Waals surface area contributed by atoms with Gasteiger partial charge in [-0.2, -0.15) is 0 Å². The molecule has 1 fully saturated rings. The maximum atomic E-state index is 13.4. The van der Waals surface area contributed by atoms with Crippen LogP contribution >= 0.6 is 0 Å². The third-order valence-corrected chi connectivity index (χ3v) is 5.62. The summed E-state index contributed by atoms with van der Waals surface area (Å²) in [4.78, 5) is 52.2. The van der Waals surface area contributed by atoms with Gasteiger partial charge in [-0.05, 0) is 61.3 Å². The molecular formula is C24H42N2O7. The van der Waals surface area contributed by atoms with Crippen molar-refractivity contribution in [1.82, 2.24) is 10.2 Å². The number of likely N-dealkylation sites (tertiary alicyclic amines) is 1. The van der Waals surface area contributed by atoms with Crippen LogP contribution in [0, 0.1) is 5.92 Å². The molecule has 190 valence electrons. The zero-order chi connectivity index (χ0) is 25.8. The maximum absolute atomic E-state index is 13.4. The molecule has 0 aromatic rings. The Labute approximate surface area is 197 Å². The molecule has 0 aliphatic carbocycles. The van der Waals surface area contributed by atoms with E-state index in [9.17, 15) is 19.2 Å². The van der Waals surface area contributed by atoms with Crippen molar-refractivity contribution in [1.29, 1.82) is 0 Å². The molecule has 33 heavy (non-hydrogen) atoms. The standard InChI is InChI=1S/C24H42N2O7/c1-11-12-24(9,31-10)19(25-15(2)28)18-16(14-27)13-17(20(29)32-22(3,4)5)26(18)21(30)33-23(6,7)8/h14,16-19H,11-13H2,1-10H3,(H,25,28)/t16-,17+,18+,19+,24-/m0/s1. The summed E-state index contributed by atoms with van der Waals surface area (Å²) in [5.41, 5.74) is -2.53. The lowest BCUT2D eigenvalue weighted by atomic mass is 9.81. The number of hydrogen-bond acceptors (Lipinski definition) is 7. The van der Waals surface area contributed by atoms with Crippen LogP contribution < -0.4 is 5.32 Å². The highest BCUT2D eigenvalue weighted by molar-refractivity contribution is 5.84. The quantitative estimate of drug-likeness (QED) is 0.428. The lowest BCUT2D eigenvalue weighted by Gasteiger charge is -2.44. The summed E-state index contributed by atoms with van der Waals surface area (Å²) in [6.45, 7) is 15.5. The Morgan fingerprint density at radius 1 is 1.06 bits per heavy atom. The number of carbonyl (C=O) groups excluding carboxylic acids is 4. The average molecular weight is 471 g/mol. The predicted octanol–water partition coefficient (Wildman–Crippen LogP) is 3.23. The molecule has 0 saturated carbocycles. The van der Waals surface area contributed by atoms with Gasteiger partial charge in [0.15, 0.2) is 0 Å². The number of methoxy groups -OCH3 is 1. The molecule has 2 amide bonds. The highest BCUT2D eigenvalue weighted by Crippen LogP contribution is 2.38. The summed E-state index contributed by atoms with van der Waals surface area (Å²) in [5.74, 6) is -1.70. The molecule has 1 saturated heterocycles. The van der Waals surface area contributed by atoms with Crippen LogP contribution in [0.5, 0.6) is 0 Å². The lowest BCUT2D eigenvalue weighted by Crippen LogP contribution is -2.64. The van der Waals surface area contributed by atoms with Crippen molar-refractivity contribution < 1.29 is 33.4 Å². The van der Waals surface area contributed by atoms with Gasteiger partial charge in [-0.3, -0.25) is 9.69 Å². The molecular weight excluding hydrogens is 428 g/mol. The van der Waals surface area contributed by atoms with Crippen molar-refractivity contribution in [2.45, 2.75) is 117 Å². The van der Waals surface area contributed by atoms with E-state index in [1.165, 1.54) is 18.9 Å². The van der Waals surface area contributed by atoms with Crippen molar-refractivity contribution in [3.05, 3.63) is 0 Å². The van der Waals surface area contributed by atoms with Gasteiger partial charge in [0.1, 0.15) is 23.5 Å². The molecule has 0 unspecified atom stereocenters. The van der Waals surface area contributed by atoms with Gasteiger partial charge in [-0.15, -0.1) is 0 Å². The topological polar surface area (TPSA) is 111 Å². The van der Waals surface area contributed by atoms with Crippen molar-refractivity contribution in [2.75, 3.05) is 7.11 Å². The van der Waals surface area contributed by atoms with Crippen LogP contribution in [0.15, 0.2) is 0 Å². The second kappa shape index (κ2) is 10.8. The summed E-state index contributed by atoms with van der Waals surface area (Å²) >= 11 is 0. The van der Waals surface area contributed by atoms with Crippen LogP contribution in [0.2, 0.25) is 0 Å². The van der Waals surface area contributed by atoms with E-state index in [1.54, 1.807) is 41.5 Å². The van der Waals surface area contributed by atoms with Gasteiger partial charge in [-0.25, -0.2) is 9.59 Å². The van der Waals surface area contributed by atoms with E-state index in [0.717, 1.165) is 12.7 Å². The third kappa shape index (κ3) is 7.69. The third-order valence-electron chi connectivity index (χ3n) is 5.62. The second-order valence-electron chi connectivity index (χ2n) is 10.9. The van der Waals surface area contributed by atoms with Crippen LogP contribution in [0.25, 0.3) is 0 Å². The smallest absolute Gasteiger partial charge is 0.411 e. The molecule has 9 heteroatoms. The average Bonchev–Trinajstić information content (AvgIpc) is 3.03. The van der Waals surface area contributed by atoms with E-state index < -0.39 is 52.9 Å². The Bertz CT molecular complexity index is 725. The number of ether oxygens (including phenoxy) is 3. The number of nitrogens with zero attached hydrogens (tertiary/aromatic N) is 1. The number of esters is 1. The number of amides is 2. The van der Waals surface area contributed by atoms with Gasteiger partial charge in [0, 0.05) is 20.0 Å². The van der Waals surface area contributed by atoms with E-state index in [1.807, 2.05) is 13.8 Å². The van der Waals surface area contributed by atoms with E-state index in [4.69, 9.17) is 14.2 Å². The van der Waals surface area contributed by atoms with E-state index in [0.29, 0.717) is 6.42 Å². The summed E-state index contributed by atoms with van der Waals surface area (Å²) in [5, 5.41) is 2.89. The summed E-state index contributed by atoms with van der Waals surface area (Å²) in [6, 6.07) is -2.68. The Morgan fingerprint density at radius 2 is 1.61 bits per heavy atom. The molecule has 0 bridgehead atoms. The minimum absolute atomic E-state index is 0.0598. The van der Waals surface area contributed by atoms with Gasteiger partial charge in [0.25, 0.3) is 0 Å². The van der Waals surface area contributed by atoms with Gasteiger partial charge in [-0.1, -0.05) is 13.3 Å². The number of rotatable bonds is 8. The maximum Gasteiger partial charge on any atom is 0.411 e. The molecule has 5 atom stereocenters. The number of nitrogens with one attached hydrogen (secondary N) is 1. The molecule has 0 spiro atoms. The fourth-order valence-corrected chi connectivity index (χ4v) is 4.31. The van der Waals surface area contributed by atoms with Crippen LogP contribution in [0.4, 0.5) is 4.79 Å². The van der Waals surface area contributed by atoms with Crippen molar-refractivity contribution >= 4 is 24.3 Å². The first-order valence-electron chi connectivity index (χ1n) is 11.5. The fourth-order valence-electron chi connectivity index (χ4n) is 4.31. The summed E-state index contributed by atoms with van der Waals surface area (Å²) in [7, 11) is 1.53. The molecule has 0 aromatic heterocycles. The van der Waals surface area contributed by atoms with Crippen molar-refractivity contribution in [2.24, 2.45) is 5.92 Å². The van der Waals surface area contributed by atoms with Gasteiger partial charge < -0.3 is 24.3 Å². The molecule has 0 aromatic carbocycles. The molecule has 1 rings (SSSR count). The Balaban J connectivity index is 3.65. The summed E-state index contributed by atoms with van der Waals surface area (Å²) < 4.78 is 17.0. The minimum atomic E-state index is -1.04. The first-order chi connectivity index (χ1) is 15.0. The Morgan fingerprint density at radius 3 is 2.00 bits per heavy atom. The molecule has 1 N–H and O–H groups in total. The molecule has 0 radical (unpaired) electrons. The summed E-state index contributed by atoms with van der Waals surface area (Å²) in [6.07, 6.45) is 1.32. The van der Waals surface area contributed by atoms with Crippen LogP contribution in [-0.2, 0) is 28.6 Å². The molecule has 9 nitrogen and oxygen atoms in total. The number of aldehydes is 1. The van der Waals surface area contributed by atoms with Crippen LogP contribution in [0.3, 0.4) is 0 Å². The zero-order valence-electron chi connectivity index (χ0n) is 21.8. The van der Waals surface area contributed by atoms with E-state index in [2.05, 4.69) is 5.32 Å². The molecule has 1 heterocycles. The normalized spacial score (nSPS) is 23.9. The van der Waals surface area contributed by atoms with Crippen molar-refractivity contribution in [3.8, 4) is 0 Å². The Hall–Kier alpha value is -2.16. The highest BCUT2D eigenvalue weighted by atomic mass is 16.6. The van der Waals surface area contributed by atoms with Gasteiger partial charge in [0.05, 0.1) is 17.7 Å². The Kier molecular flexibility index (Phi) is 9.49. The van der Waals surface area contributed by atoms with Crippen LogP contribution in [0.1, 0.15) is 81.6 Å².